The van der Waals surface area contributed by atoms with E-state index in [2.05, 4.69) is 10.3 Å². The van der Waals surface area contributed by atoms with Crippen molar-refractivity contribution in [3.8, 4) is 11.5 Å². The van der Waals surface area contributed by atoms with Gasteiger partial charge in [0.15, 0.2) is 17.5 Å². The number of guanidine groups is 1. The second-order valence-corrected chi connectivity index (χ2v) is 6.37. The molecule has 0 amide bonds. The fourth-order valence-corrected chi connectivity index (χ4v) is 2.83. The molecule has 0 aromatic heterocycles. The maximum Gasteiger partial charge on any atom is 0.193 e. The minimum absolute atomic E-state index is 0. The summed E-state index contributed by atoms with van der Waals surface area (Å²) in [6.45, 7) is 0.611. The van der Waals surface area contributed by atoms with Crippen molar-refractivity contribution in [3.63, 3.8) is 0 Å². The summed E-state index contributed by atoms with van der Waals surface area (Å²) >= 11 is 7.56. The summed E-state index contributed by atoms with van der Waals surface area (Å²) in [6, 6.07) is 13.2. The lowest BCUT2D eigenvalue weighted by Gasteiger charge is -2.10. The maximum atomic E-state index is 5.91. The van der Waals surface area contributed by atoms with Gasteiger partial charge in [-0.15, -0.1) is 35.7 Å². The Balaban J connectivity index is 0.00000312. The Morgan fingerprint density at radius 2 is 1.80 bits per heavy atom. The Labute approximate surface area is 174 Å². The first-order chi connectivity index (χ1) is 11.6. The highest BCUT2D eigenvalue weighted by atomic mass is 127. The molecule has 0 atom stereocenters. The molecular formula is C17H21ClIN3O2S. The van der Waals surface area contributed by atoms with Crippen LogP contribution in [0.2, 0.25) is 5.02 Å². The number of nitrogens with zero attached hydrogens (tertiary/aromatic N) is 1. The molecule has 8 heteroatoms. The van der Waals surface area contributed by atoms with Crippen LogP contribution >= 0.6 is 47.3 Å². The van der Waals surface area contributed by atoms with Crippen molar-refractivity contribution in [2.24, 2.45) is 10.7 Å². The van der Waals surface area contributed by atoms with Crippen LogP contribution < -0.4 is 20.5 Å². The van der Waals surface area contributed by atoms with Crippen LogP contribution in [0.1, 0.15) is 0 Å². The smallest absolute Gasteiger partial charge is 0.193 e. The number of anilines is 1. The summed E-state index contributed by atoms with van der Waals surface area (Å²) in [4.78, 5) is 5.47. The molecule has 0 unspecified atom stereocenters. The molecule has 0 aliphatic rings. The van der Waals surface area contributed by atoms with Crippen LogP contribution in [-0.2, 0) is 0 Å². The number of hydrogen-bond acceptors (Lipinski definition) is 4. The molecule has 0 radical (unpaired) electrons. The molecule has 0 saturated carbocycles. The number of aliphatic imine (C=N–C) groups is 1. The van der Waals surface area contributed by atoms with Crippen molar-refractivity contribution in [1.82, 2.24) is 0 Å². The Hall–Kier alpha value is -1.32. The first kappa shape index (κ1) is 21.7. The molecule has 5 nitrogen and oxygen atoms in total. The summed E-state index contributed by atoms with van der Waals surface area (Å²) in [6.07, 6.45) is 0. The Kier molecular flexibility index (Phi) is 9.84. The third-order valence-corrected chi connectivity index (χ3v) is 4.36. The van der Waals surface area contributed by atoms with E-state index in [0.717, 1.165) is 21.4 Å². The van der Waals surface area contributed by atoms with Crippen LogP contribution in [0.4, 0.5) is 5.69 Å². The molecule has 136 valence electrons. The summed E-state index contributed by atoms with van der Waals surface area (Å²) in [5.41, 5.74) is 6.70. The van der Waals surface area contributed by atoms with Crippen molar-refractivity contribution in [3.05, 3.63) is 47.5 Å². The Morgan fingerprint density at radius 3 is 2.44 bits per heavy atom. The molecule has 2 rings (SSSR count). The Morgan fingerprint density at radius 1 is 1.12 bits per heavy atom. The van der Waals surface area contributed by atoms with E-state index in [1.165, 1.54) is 0 Å². The average molecular weight is 494 g/mol. The first-order valence-electron chi connectivity index (χ1n) is 7.29. The molecule has 0 saturated heterocycles. The van der Waals surface area contributed by atoms with Crippen LogP contribution in [0.5, 0.6) is 11.5 Å². The molecule has 0 heterocycles. The van der Waals surface area contributed by atoms with Crippen LogP contribution in [0, 0.1) is 0 Å². The van der Waals surface area contributed by atoms with Crippen LogP contribution in [-0.4, -0.2) is 32.5 Å². The third-order valence-electron chi connectivity index (χ3n) is 3.11. The highest BCUT2D eigenvalue weighted by Crippen LogP contribution is 2.29. The first-order valence-corrected chi connectivity index (χ1v) is 8.66. The van der Waals surface area contributed by atoms with Crippen molar-refractivity contribution < 1.29 is 9.47 Å². The van der Waals surface area contributed by atoms with E-state index in [0.29, 0.717) is 24.0 Å². The number of nitrogens with two attached hydrogens (primary N) is 1. The molecule has 0 spiro atoms. The summed E-state index contributed by atoms with van der Waals surface area (Å²) in [5.74, 6) is 2.49. The molecule has 2 aromatic rings. The fraction of sp³-hybridized carbons (Fsp3) is 0.235. The zero-order valence-electron chi connectivity index (χ0n) is 14.0. The maximum absolute atomic E-state index is 5.91. The second-order valence-electron chi connectivity index (χ2n) is 4.76. The van der Waals surface area contributed by atoms with E-state index in [1.807, 2.05) is 42.5 Å². The SMILES string of the molecule is COc1ccc(NC(N)=NCCSc2ccc(Cl)cc2)cc1OC.I. The van der Waals surface area contributed by atoms with E-state index in [9.17, 15) is 0 Å². The van der Waals surface area contributed by atoms with Crippen LogP contribution in [0.25, 0.3) is 0 Å². The minimum atomic E-state index is 0. The molecule has 0 bridgehead atoms. The number of thioether (sulfide) groups is 1. The van der Waals surface area contributed by atoms with Crippen LogP contribution in [0.15, 0.2) is 52.4 Å². The van der Waals surface area contributed by atoms with Gasteiger partial charge in [-0.1, -0.05) is 11.6 Å². The topological polar surface area (TPSA) is 68.9 Å². The monoisotopic (exact) mass is 493 g/mol. The predicted octanol–water partition coefficient (Wildman–Crippen LogP) is 4.49. The van der Waals surface area contributed by atoms with Gasteiger partial charge in [0.05, 0.1) is 20.8 Å². The highest BCUT2D eigenvalue weighted by molar-refractivity contribution is 14.0. The lowest BCUT2D eigenvalue weighted by Crippen LogP contribution is -2.23. The lowest BCUT2D eigenvalue weighted by molar-refractivity contribution is 0.355. The van der Waals surface area contributed by atoms with Crippen molar-refractivity contribution in [1.29, 1.82) is 0 Å². The molecule has 0 fully saturated rings. The lowest BCUT2D eigenvalue weighted by atomic mass is 10.3. The molecule has 3 N–H and O–H groups in total. The van der Waals surface area contributed by atoms with E-state index < -0.39 is 0 Å². The third kappa shape index (κ3) is 7.21. The standard InChI is InChI=1S/C17H20ClN3O2S.HI/c1-22-15-8-5-13(11-16(15)23-2)21-17(19)20-9-10-24-14-6-3-12(18)4-7-14;/h3-8,11H,9-10H2,1-2H3,(H3,19,20,21);1H. The molecule has 0 aliphatic heterocycles. The minimum Gasteiger partial charge on any atom is -0.493 e. The van der Waals surface area contributed by atoms with E-state index >= 15 is 0 Å². The average Bonchev–Trinajstić information content (AvgIpc) is 2.60. The number of nitrogens with one attached hydrogen (secondary N) is 1. The van der Waals surface area contributed by atoms with Gasteiger partial charge in [-0.05, 0) is 36.4 Å². The fourth-order valence-electron chi connectivity index (χ4n) is 1.96. The van der Waals surface area contributed by atoms with E-state index in [4.69, 9.17) is 26.8 Å². The molecule has 0 aliphatic carbocycles. The van der Waals surface area contributed by atoms with Crippen molar-refractivity contribution >= 4 is 59.0 Å². The zero-order valence-corrected chi connectivity index (χ0v) is 17.9. The van der Waals surface area contributed by atoms with Gasteiger partial charge in [0.1, 0.15) is 0 Å². The van der Waals surface area contributed by atoms with Gasteiger partial charge in [-0.3, -0.25) is 4.99 Å². The van der Waals surface area contributed by atoms with Gasteiger partial charge in [0, 0.05) is 27.4 Å². The molecular weight excluding hydrogens is 473 g/mol. The quantitative estimate of drug-likeness (QED) is 0.195. The van der Waals surface area contributed by atoms with Gasteiger partial charge < -0.3 is 20.5 Å². The number of methoxy groups -OCH3 is 2. The number of rotatable bonds is 7. The summed E-state index contributed by atoms with van der Waals surface area (Å²) in [7, 11) is 3.19. The number of ether oxygens (including phenoxy) is 2. The molecule has 25 heavy (non-hydrogen) atoms. The predicted molar refractivity (Wildman–Crippen MR) is 117 cm³/mol. The normalized spacial score (nSPS) is 10.8. The Bertz CT molecular complexity index is 699. The van der Waals surface area contributed by atoms with E-state index in [1.54, 1.807) is 26.0 Å². The summed E-state index contributed by atoms with van der Waals surface area (Å²) < 4.78 is 10.5. The van der Waals surface area contributed by atoms with Gasteiger partial charge in [0.2, 0.25) is 0 Å². The largest absolute Gasteiger partial charge is 0.493 e. The van der Waals surface area contributed by atoms with Gasteiger partial charge in [-0.2, -0.15) is 0 Å². The highest BCUT2D eigenvalue weighted by Gasteiger charge is 2.05. The number of halogens is 2. The zero-order chi connectivity index (χ0) is 17.4. The van der Waals surface area contributed by atoms with Gasteiger partial charge >= 0.3 is 0 Å². The van der Waals surface area contributed by atoms with E-state index in [-0.39, 0.29) is 24.0 Å². The second kappa shape index (κ2) is 11.3. The number of benzene rings is 2. The van der Waals surface area contributed by atoms with Crippen LogP contribution in [0.3, 0.4) is 0 Å². The number of hydrogen-bond donors (Lipinski definition) is 2. The molecule has 2 aromatic carbocycles. The summed E-state index contributed by atoms with van der Waals surface area (Å²) in [5, 5.41) is 3.78. The van der Waals surface area contributed by atoms with Crippen molar-refractivity contribution in [2.45, 2.75) is 4.90 Å². The van der Waals surface area contributed by atoms with Crippen molar-refractivity contribution in [2.75, 3.05) is 31.8 Å². The van der Waals surface area contributed by atoms with Gasteiger partial charge in [0.25, 0.3) is 0 Å². The van der Waals surface area contributed by atoms with Gasteiger partial charge in [-0.25, -0.2) is 0 Å².